The van der Waals surface area contributed by atoms with Crippen LogP contribution in [0.15, 0.2) is 28.5 Å². The van der Waals surface area contributed by atoms with Crippen molar-refractivity contribution in [2.75, 3.05) is 33.4 Å². The van der Waals surface area contributed by atoms with Gasteiger partial charge in [0.25, 0.3) is 10.0 Å². The first-order chi connectivity index (χ1) is 15.3. The maximum Gasteiger partial charge on any atom is 0.250 e. The fraction of sp³-hybridized carbons (Fsp3) is 0.524. The molecule has 0 spiro atoms. The van der Waals surface area contributed by atoms with Gasteiger partial charge in [-0.05, 0) is 49.3 Å². The van der Waals surface area contributed by atoms with Crippen molar-refractivity contribution in [3.8, 4) is 0 Å². The normalized spacial score (nSPS) is 22.1. The first kappa shape index (κ1) is 23.4. The van der Waals surface area contributed by atoms with Crippen LogP contribution in [-0.2, 0) is 24.3 Å². The van der Waals surface area contributed by atoms with E-state index in [9.17, 15) is 18.0 Å². The molecule has 2 amide bonds. The summed E-state index contributed by atoms with van der Waals surface area (Å²) in [5.74, 6) is -0.484. The van der Waals surface area contributed by atoms with Crippen molar-refractivity contribution in [2.45, 2.75) is 42.0 Å². The fourth-order valence-corrected chi connectivity index (χ4v) is 7.26. The van der Waals surface area contributed by atoms with E-state index < -0.39 is 16.1 Å². The van der Waals surface area contributed by atoms with Crippen LogP contribution >= 0.6 is 22.9 Å². The zero-order chi connectivity index (χ0) is 22.9. The van der Waals surface area contributed by atoms with E-state index in [2.05, 4.69) is 4.72 Å². The number of methoxy groups -OCH3 is 1. The van der Waals surface area contributed by atoms with Gasteiger partial charge in [0.05, 0.1) is 19.2 Å². The van der Waals surface area contributed by atoms with Crippen molar-refractivity contribution in [1.29, 1.82) is 0 Å². The molecule has 0 bridgehead atoms. The Morgan fingerprint density at radius 3 is 2.81 bits per heavy atom. The standard InChI is InChI=1S/C21H26ClN3O5S2/c1-30-13-16-4-2-9-25(16)19(26)12-24-8-3-5-17(21(24)27)23-32(28,29)20-10-14-6-7-15(22)11-18(14)31-20/h6-7,10-11,16-17,23H,2-5,8-9,12-13H2,1H3/t16-,17+/m1/s1. The highest BCUT2D eigenvalue weighted by atomic mass is 35.5. The minimum Gasteiger partial charge on any atom is -0.383 e. The summed E-state index contributed by atoms with van der Waals surface area (Å²) in [5.41, 5.74) is 0. The summed E-state index contributed by atoms with van der Waals surface area (Å²) in [5, 5.41) is 1.31. The van der Waals surface area contributed by atoms with E-state index in [4.69, 9.17) is 16.3 Å². The van der Waals surface area contributed by atoms with Crippen molar-refractivity contribution >= 4 is 54.9 Å². The second kappa shape index (κ2) is 9.64. The number of halogens is 1. The fourth-order valence-electron chi connectivity index (χ4n) is 4.35. The van der Waals surface area contributed by atoms with Gasteiger partial charge < -0.3 is 14.5 Å². The molecule has 4 rings (SSSR count). The lowest BCUT2D eigenvalue weighted by molar-refractivity contribution is -0.144. The lowest BCUT2D eigenvalue weighted by Crippen LogP contribution is -2.55. The maximum absolute atomic E-state index is 13.0. The summed E-state index contributed by atoms with van der Waals surface area (Å²) in [6.07, 6.45) is 2.82. The van der Waals surface area contributed by atoms with E-state index in [0.717, 1.165) is 34.3 Å². The van der Waals surface area contributed by atoms with Gasteiger partial charge in [-0.1, -0.05) is 17.7 Å². The van der Waals surface area contributed by atoms with Gasteiger partial charge in [0.1, 0.15) is 10.3 Å². The number of carbonyl (C=O) groups excluding carboxylic acids is 2. The summed E-state index contributed by atoms with van der Waals surface area (Å²) < 4.78 is 34.6. The van der Waals surface area contributed by atoms with E-state index in [1.165, 1.54) is 4.90 Å². The van der Waals surface area contributed by atoms with Crippen LogP contribution in [0.4, 0.5) is 0 Å². The Labute approximate surface area is 196 Å². The first-order valence-corrected chi connectivity index (χ1v) is 13.2. The van der Waals surface area contributed by atoms with Gasteiger partial charge in [-0.2, -0.15) is 4.72 Å². The second-order valence-corrected chi connectivity index (χ2v) is 11.6. The molecule has 2 saturated heterocycles. The molecule has 1 aromatic carbocycles. The van der Waals surface area contributed by atoms with Gasteiger partial charge in [-0.25, -0.2) is 8.42 Å². The number of likely N-dealkylation sites (tertiary alicyclic amines) is 2. The smallest absolute Gasteiger partial charge is 0.250 e. The zero-order valence-corrected chi connectivity index (χ0v) is 20.1. The minimum absolute atomic E-state index is 0.0307. The van der Waals surface area contributed by atoms with Crippen LogP contribution in [0.5, 0.6) is 0 Å². The molecule has 0 radical (unpaired) electrons. The number of carbonyl (C=O) groups is 2. The number of nitrogens with zero attached hydrogens (tertiary/aromatic N) is 2. The van der Waals surface area contributed by atoms with E-state index in [1.807, 2.05) is 0 Å². The number of benzene rings is 1. The molecule has 11 heteroatoms. The Bertz CT molecular complexity index is 1120. The highest BCUT2D eigenvalue weighted by Crippen LogP contribution is 2.31. The van der Waals surface area contributed by atoms with E-state index in [0.29, 0.717) is 37.6 Å². The number of piperidine rings is 1. The van der Waals surface area contributed by atoms with Crippen LogP contribution in [0.1, 0.15) is 25.7 Å². The average Bonchev–Trinajstić information content (AvgIpc) is 3.38. The predicted molar refractivity (Wildman–Crippen MR) is 123 cm³/mol. The maximum atomic E-state index is 13.0. The second-order valence-electron chi connectivity index (χ2n) is 8.16. The van der Waals surface area contributed by atoms with Gasteiger partial charge in [-0.15, -0.1) is 11.3 Å². The topological polar surface area (TPSA) is 96.0 Å². The van der Waals surface area contributed by atoms with Crippen molar-refractivity contribution in [2.24, 2.45) is 0 Å². The summed E-state index contributed by atoms with van der Waals surface area (Å²) in [6.45, 7) is 1.52. The van der Waals surface area contributed by atoms with Gasteiger partial charge in [0, 0.05) is 29.9 Å². The molecule has 0 saturated carbocycles. The number of rotatable bonds is 7. The lowest BCUT2D eigenvalue weighted by Gasteiger charge is -2.34. The summed E-state index contributed by atoms with van der Waals surface area (Å²) in [7, 11) is -2.28. The number of nitrogens with one attached hydrogen (secondary N) is 1. The summed E-state index contributed by atoms with van der Waals surface area (Å²) >= 11 is 7.11. The molecule has 0 aliphatic carbocycles. The van der Waals surface area contributed by atoms with Crippen molar-refractivity contribution in [3.05, 3.63) is 29.3 Å². The lowest BCUT2D eigenvalue weighted by atomic mass is 10.1. The van der Waals surface area contributed by atoms with E-state index >= 15 is 0 Å². The van der Waals surface area contributed by atoms with E-state index in [1.54, 1.807) is 36.3 Å². The molecule has 3 heterocycles. The van der Waals surface area contributed by atoms with Gasteiger partial charge in [0.15, 0.2) is 0 Å². The molecule has 2 aromatic rings. The molecule has 2 fully saturated rings. The highest BCUT2D eigenvalue weighted by molar-refractivity contribution is 7.91. The third-order valence-corrected chi connectivity index (χ3v) is 9.21. The monoisotopic (exact) mass is 499 g/mol. The molecule has 2 aliphatic rings. The molecular formula is C21H26ClN3O5S2. The Balaban J connectivity index is 1.43. The molecule has 0 unspecified atom stereocenters. The van der Waals surface area contributed by atoms with Crippen LogP contribution < -0.4 is 4.72 Å². The number of hydrogen-bond donors (Lipinski definition) is 1. The first-order valence-electron chi connectivity index (χ1n) is 10.6. The Morgan fingerprint density at radius 1 is 1.25 bits per heavy atom. The molecule has 8 nitrogen and oxygen atoms in total. The van der Waals surface area contributed by atoms with Crippen molar-refractivity contribution in [3.63, 3.8) is 0 Å². The van der Waals surface area contributed by atoms with Gasteiger partial charge in [0.2, 0.25) is 11.8 Å². The zero-order valence-electron chi connectivity index (χ0n) is 17.8. The van der Waals surface area contributed by atoms with Crippen molar-refractivity contribution < 1.29 is 22.7 Å². The van der Waals surface area contributed by atoms with Crippen LogP contribution in [0.3, 0.4) is 0 Å². The quantitative estimate of drug-likeness (QED) is 0.631. The average molecular weight is 500 g/mol. The molecule has 1 aromatic heterocycles. The summed E-state index contributed by atoms with van der Waals surface area (Å²) in [6, 6.07) is 5.91. The number of hydrogen-bond acceptors (Lipinski definition) is 6. The van der Waals surface area contributed by atoms with Crippen LogP contribution in [0.25, 0.3) is 10.1 Å². The largest absolute Gasteiger partial charge is 0.383 e. The number of amides is 2. The minimum atomic E-state index is -3.89. The summed E-state index contributed by atoms with van der Waals surface area (Å²) in [4.78, 5) is 29.0. The SMILES string of the molecule is COC[C@H]1CCCN1C(=O)CN1CCC[C@H](NS(=O)(=O)c2cc3ccc(Cl)cc3s2)C1=O. The van der Waals surface area contributed by atoms with Crippen LogP contribution in [0.2, 0.25) is 5.02 Å². The third-order valence-electron chi connectivity index (χ3n) is 5.94. The molecule has 174 valence electrons. The molecule has 2 atom stereocenters. The Hall–Kier alpha value is -1.72. The number of thiophene rings is 1. The molecule has 2 aliphatic heterocycles. The van der Waals surface area contributed by atoms with Gasteiger partial charge in [-0.3, -0.25) is 9.59 Å². The van der Waals surface area contributed by atoms with Gasteiger partial charge >= 0.3 is 0 Å². The third kappa shape index (κ3) is 4.94. The van der Waals surface area contributed by atoms with Crippen molar-refractivity contribution in [1.82, 2.24) is 14.5 Å². The Morgan fingerprint density at radius 2 is 2.03 bits per heavy atom. The highest BCUT2D eigenvalue weighted by Gasteiger charge is 2.36. The number of fused-ring (bicyclic) bond motifs is 1. The molecular weight excluding hydrogens is 474 g/mol. The number of ether oxygens (including phenoxy) is 1. The van der Waals surface area contributed by atoms with Crippen LogP contribution in [0, 0.1) is 0 Å². The Kier molecular flexibility index (Phi) is 7.06. The molecule has 1 N–H and O–H groups in total. The van der Waals surface area contributed by atoms with E-state index in [-0.39, 0.29) is 28.6 Å². The number of sulfonamides is 1. The predicted octanol–water partition coefficient (Wildman–Crippen LogP) is 2.46. The van der Waals surface area contributed by atoms with Crippen LogP contribution in [-0.4, -0.2) is 75.5 Å². The molecule has 32 heavy (non-hydrogen) atoms.